The number of nitrogens with one attached hydrogen (secondary N) is 1. The molecule has 2 aliphatic rings. The molecule has 0 spiro atoms. The van der Waals surface area contributed by atoms with Crippen LogP contribution in [0.15, 0.2) is 23.1 Å². The van der Waals surface area contributed by atoms with Crippen LogP contribution in [0, 0.1) is 18.8 Å². The van der Waals surface area contributed by atoms with Crippen molar-refractivity contribution in [1.82, 2.24) is 9.62 Å². The third-order valence-corrected chi connectivity index (χ3v) is 6.64. The van der Waals surface area contributed by atoms with Crippen LogP contribution in [-0.4, -0.2) is 52.0 Å². The van der Waals surface area contributed by atoms with Gasteiger partial charge >= 0.3 is 5.97 Å². The van der Waals surface area contributed by atoms with Gasteiger partial charge in [0.25, 0.3) is 0 Å². The molecular formula is C15H20N2O4S. The van der Waals surface area contributed by atoms with Gasteiger partial charge in [-0.3, -0.25) is 0 Å². The Kier molecular flexibility index (Phi) is 3.96. The molecule has 1 N–H and O–H groups in total. The molecule has 2 atom stereocenters. The van der Waals surface area contributed by atoms with Crippen molar-refractivity contribution in [2.75, 3.05) is 33.3 Å². The Bertz CT molecular complexity index is 689. The number of fused-ring (bicyclic) bond motifs is 1. The number of carbonyl (C=O) groups is 1. The van der Waals surface area contributed by atoms with Crippen molar-refractivity contribution in [2.24, 2.45) is 11.8 Å². The van der Waals surface area contributed by atoms with Gasteiger partial charge in [-0.05, 0) is 49.5 Å². The molecule has 22 heavy (non-hydrogen) atoms. The normalized spacial score (nSPS) is 25.2. The highest BCUT2D eigenvalue weighted by molar-refractivity contribution is 7.89. The fraction of sp³-hybridized carbons (Fsp3) is 0.533. The second kappa shape index (κ2) is 5.64. The number of esters is 1. The average Bonchev–Trinajstić information content (AvgIpc) is 3.08. The number of hydrogen-bond acceptors (Lipinski definition) is 5. The molecule has 0 saturated carbocycles. The zero-order chi connectivity index (χ0) is 15.9. The standard InChI is InChI=1S/C15H20N2O4S/c1-10-13(15(18)21-2)4-3-5-14(10)22(19,20)17-8-11-6-16-7-12(11)9-17/h3-5,11-12,16H,6-9H2,1-2H3/t11-,12+. The summed E-state index contributed by atoms with van der Waals surface area (Å²) in [5.41, 5.74) is 0.745. The van der Waals surface area contributed by atoms with Gasteiger partial charge in [0.05, 0.1) is 17.6 Å². The van der Waals surface area contributed by atoms with Crippen LogP contribution in [0.1, 0.15) is 15.9 Å². The molecule has 7 heteroatoms. The first-order valence-corrected chi connectivity index (χ1v) is 8.78. The summed E-state index contributed by atoms with van der Waals surface area (Å²) < 4.78 is 32.1. The number of rotatable bonds is 3. The SMILES string of the molecule is COC(=O)c1cccc(S(=O)(=O)N2C[C@H]3CNC[C@H]3C2)c1C. The highest BCUT2D eigenvalue weighted by Gasteiger charge is 2.42. The van der Waals surface area contributed by atoms with Crippen LogP contribution < -0.4 is 5.32 Å². The number of sulfonamides is 1. The molecule has 2 heterocycles. The van der Waals surface area contributed by atoms with Crippen molar-refractivity contribution >= 4 is 16.0 Å². The zero-order valence-corrected chi connectivity index (χ0v) is 13.5. The van der Waals surface area contributed by atoms with Gasteiger partial charge in [0.15, 0.2) is 0 Å². The minimum atomic E-state index is -3.58. The Hall–Kier alpha value is -1.44. The second-order valence-electron chi connectivity index (χ2n) is 5.92. The lowest BCUT2D eigenvalue weighted by Crippen LogP contribution is -2.32. The van der Waals surface area contributed by atoms with E-state index in [9.17, 15) is 13.2 Å². The molecule has 0 radical (unpaired) electrons. The molecule has 120 valence electrons. The lowest BCUT2D eigenvalue weighted by atomic mass is 10.0. The molecule has 0 unspecified atom stereocenters. The van der Waals surface area contributed by atoms with Gasteiger partial charge in [0, 0.05) is 13.1 Å². The van der Waals surface area contributed by atoms with E-state index in [1.165, 1.54) is 7.11 Å². The van der Waals surface area contributed by atoms with Crippen LogP contribution in [0.4, 0.5) is 0 Å². The van der Waals surface area contributed by atoms with Crippen molar-refractivity contribution < 1.29 is 17.9 Å². The van der Waals surface area contributed by atoms with Crippen LogP contribution in [0.25, 0.3) is 0 Å². The van der Waals surface area contributed by atoms with E-state index in [0.717, 1.165) is 13.1 Å². The third-order valence-electron chi connectivity index (χ3n) is 4.66. The lowest BCUT2D eigenvalue weighted by molar-refractivity contribution is 0.0599. The predicted octanol–water partition coefficient (Wildman–Crippen LogP) is 0.622. The molecule has 0 bridgehead atoms. The van der Waals surface area contributed by atoms with Gasteiger partial charge in [-0.15, -0.1) is 0 Å². The molecule has 2 fully saturated rings. The summed E-state index contributed by atoms with van der Waals surface area (Å²) in [6.45, 7) is 4.48. The Morgan fingerprint density at radius 3 is 2.50 bits per heavy atom. The van der Waals surface area contributed by atoms with Gasteiger partial charge in [0.1, 0.15) is 0 Å². The number of methoxy groups -OCH3 is 1. The number of nitrogens with zero attached hydrogens (tertiary/aromatic N) is 1. The molecule has 0 aromatic heterocycles. The average molecular weight is 324 g/mol. The van der Waals surface area contributed by atoms with E-state index >= 15 is 0 Å². The largest absolute Gasteiger partial charge is 0.465 e. The summed E-state index contributed by atoms with van der Waals surface area (Å²) >= 11 is 0. The smallest absolute Gasteiger partial charge is 0.338 e. The Balaban J connectivity index is 1.95. The van der Waals surface area contributed by atoms with Crippen molar-refractivity contribution in [3.63, 3.8) is 0 Å². The summed E-state index contributed by atoms with van der Waals surface area (Å²) in [5, 5.41) is 3.30. The topological polar surface area (TPSA) is 75.7 Å². The van der Waals surface area contributed by atoms with Crippen molar-refractivity contribution in [3.8, 4) is 0 Å². The monoisotopic (exact) mass is 324 g/mol. The minimum Gasteiger partial charge on any atom is -0.465 e. The van der Waals surface area contributed by atoms with Gasteiger partial charge in [0.2, 0.25) is 10.0 Å². The summed E-state index contributed by atoms with van der Waals surface area (Å²) in [5.74, 6) is 0.259. The summed E-state index contributed by atoms with van der Waals surface area (Å²) in [7, 11) is -2.29. The molecule has 0 aliphatic carbocycles. The molecule has 3 rings (SSSR count). The van der Waals surface area contributed by atoms with Crippen LogP contribution >= 0.6 is 0 Å². The van der Waals surface area contributed by atoms with Crippen LogP contribution in [0.2, 0.25) is 0 Å². The van der Waals surface area contributed by atoms with Gasteiger partial charge in [-0.2, -0.15) is 4.31 Å². The second-order valence-corrected chi connectivity index (χ2v) is 7.83. The Labute approximate surface area is 130 Å². The fourth-order valence-electron chi connectivity index (χ4n) is 3.37. The lowest BCUT2D eigenvalue weighted by Gasteiger charge is -2.19. The quantitative estimate of drug-likeness (QED) is 0.825. The first-order chi connectivity index (χ1) is 10.4. The minimum absolute atomic E-state index is 0.198. The van der Waals surface area contributed by atoms with Crippen molar-refractivity contribution in [1.29, 1.82) is 0 Å². The van der Waals surface area contributed by atoms with Gasteiger partial charge < -0.3 is 10.1 Å². The first-order valence-electron chi connectivity index (χ1n) is 7.34. The number of ether oxygens (including phenoxy) is 1. The molecule has 6 nitrogen and oxygen atoms in total. The van der Waals surface area contributed by atoms with Gasteiger partial charge in [-0.25, -0.2) is 13.2 Å². The van der Waals surface area contributed by atoms with E-state index in [-0.39, 0.29) is 4.90 Å². The van der Waals surface area contributed by atoms with E-state index in [1.54, 1.807) is 29.4 Å². The predicted molar refractivity (Wildman–Crippen MR) is 81.1 cm³/mol. The molecule has 2 aliphatic heterocycles. The maximum absolute atomic E-state index is 12.9. The van der Waals surface area contributed by atoms with E-state index in [4.69, 9.17) is 4.74 Å². The Morgan fingerprint density at radius 2 is 1.91 bits per heavy atom. The van der Waals surface area contributed by atoms with Crippen LogP contribution in [0.3, 0.4) is 0 Å². The summed E-state index contributed by atoms with van der Waals surface area (Å²) in [4.78, 5) is 12.0. The Morgan fingerprint density at radius 1 is 1.27 bits per heavy atom. The third kappa shape index (κ3) is 2.43. The number of benzene rings is 1. The molecule has 2 saturated heterocycles. The first kappa shape index (κ1) is 15.5. The zero-order valence-electron chi connectivity index (χ0n) is 12.7. The maximum atomic E-state index is 12.9. The van der Waals surface area contributed by atoms with Crippen LogP contribution in [-0.2, 0) is 14.8 Å². The maximum Gasteiger partial charge on any atom is 0.338 e. The number of hydrogen-bond donors (Lipinski definition) is 1. The molecular weight excluding hydrogens is 304 g/mol. The highest BCUT2D eigenvalue weighted by atomic mass is 32.2. The van der Waals surface area contributed by atoms with E-state index < -0.39 is 16.0 Å². The molecule has 1 aromatic carbocycles. The summed E-state index contributed by atoms with van der Waals surface area (Å²) in [6, 6.07) is 4.73. The molecule has 0 amide bonds. The van der Waals surface area contributed by atoms with E-state index in [2.05, 4.69) is 5.32 Å². The van der Waals surface area contributed by atoms with Crippen molar-refractivity contribution in [3.05, 3.63) is 29.3 Å². The number of carbonyl (C=O) groups excluding carboxylic acids is 1. The fourth-order valence-corrected chi connectivity index (χ4v) is 5.17. The molecule has 1 aromatic rings. The van der Waals surface area contributed by atoms with Gasteiger partial charge in [-0.1, -0.05) is 6.07 Å². The van der Waals surface area contributed by atoms with E-state index in [1.807, 2.05) is 0 Å². The van der Waals surface area contributed by atoms with Crippen LogP contribution in [0.5, 0.6) is 0 Å². The summed E-state index contributed by atoms with van der Waals surface area (Å²) in [6.07, 6.45) is 0. The van der Waals surface area contributed by atoms with E-state index in [0.29, 0.717) is 36.1 Å². The highest BCUT2D eigenvalue weighted by Crippen LogP contribution is 2.32. The van der Waals surface area contributed by atoms with Crippen molar-refractivity contribution in [2.45, 2.75) is 11.8 Å².